The highest BCUT2D eigenvalue weighted by Crippen LogP contribution is 2.36. The standard InChI is InChI=1S/C13H26O2/c1-4-7-10-13(9-6-3,12(14)15)11-8-5-2/h4-11H2,1-3H3,(H,14,15). The molecule has 0 atom stereocenters. The molecule has 0 spiro atoms. The third-order valence-electron chi connectivity index (χ3n) is 3.20. The summed E-state index contributed by atoms with van der Waals surface area (Å²) in [6.45, 7) is 6.33. The minimum Gasteiger partial charge on any atom is -0.481 e. The number of aliphatic carboxylic acids is 1. The van der Waals surface area contributed by atoms with Crippen LogP contribution in [0.3, 0.4) is 0 Å². The van der Waals surface area contributed by atoms with E-state index in [4.69, 9.17) is 0 Å². The van der Waals surface area contributed by atoms with E-state index in [0.29, 0.717) is 0 Å². The van der Waals surface area contributed by atoms with Crippen molar-refractivity contribution in [2.75, 3.05) is 0 Å². The van der Waals surface area contributed by atoms with Crippen molar-refractivity contribution < 1.29 is 9.90 Å². The van der Waals surface area contributed by atoms with Gasteiger partial charge >= 0.3 is 5.97 Å². The highest BCUT2D eigenvalue weighted by Gasteiger charge is 2.35. The summed E-state index contributed by atoms with van der Waals surface area (Å²) in [6.07, 6.45) is 7.77. The summed E-state index contributed by atoms with van der Waals surface area (Å²) >= 11 is 0. The SMILES string of the molecule is CCCCC(CCC)(CCCC)C(=O)O. The summed E-state index contributed by atoms with van der Waals surface area (Å²) < 4.78 is 0. The summed E-state index contributed by atoms with van der Waals surface area (Å²) in [4.78, 5) is 11.4. The zero-order valence-corrected chi connectivity index (χ0v) is 10.5. The van der Waals surface area contributed by atoms with Crippen molar-refractivity contribution >= 4 is 5.97 Å². The fourth-order valence-corrected chi connectivity index (χ4v) is 2.20. The number of rotatable bonds is 9. The average molecular weight is 214 g/mol. The van der Waals surface area contributed by atoms with Gasteiger partial charge < -0.3 is 5.11 Å². The zero-order valence-electron chi connectivity index (χ0n) is 10.5. The monoisotopic (exact) mass is 214 g/mol. The normalized spacial score (nSPS) is 11.7. The number of unbranched alkanes of at least 4 members (excludes halogenated alkanes) is 2. The molecular weight excluding hydrogens is 188 g/mol. The molecule has 0 saturated heterocycles. The highest BCUT2D eigenvalue weighted by molar-refractivity contribution is 5.74. The van der Waals surface area contributed by atoms with Crippen molar-refractivity contribution in [3.63, 3.8) is 0 Å². The first-order chi connectivity index (χ1) is 7.13. The molecule has 1 N–H and O–H groups in total. The van der Waals surface area contributed by atoms with E-state index in [0.717, 1.165) is 51.4 Å². The van der Waals surface area contributed by atoms with Gasteiger partial charge in [-0.2, -0.15) is 0 Å². The highest BCUT2D eigenvalue weighted by atomic mass is 16.4. The number of carbonyl (C=O) groups is 1. The van der Waals surface area contributed by atoms with E-state index >= 15 is 0 Å². The number of hydrogen-bond acceptors (Lipinski definition) is 1. The summed E-state index contributed by atoms with van der Waals surface area (Å²) in [7, 11) is 0. The topological polar surface area (TPSA) is 37.3 Å². The van der Waals surface area contributed by atoms with Gasteiger partial charge in [0.25, 0.3) is 0 Å². The van der Waals surface area contributed by atoms with Gasteiger partial charge in [0.15, 0.2) is 0 Å². The minimum atomic E-state index is -0.578. The van der Waals surface area contributed by atoms with Crippen LogP contribution in [0, 0.1) is 5.41 Å². The number of carboxylic acid groups (broad SMARTS) is 1. The second-order valence-electron chi connectivity index (χ2n) is 4.54. The number of carboxylic acids is 1. The molecule has 0 aromatic heterocycles. The van der Waals surface area contributed by atoms with E-state index in [-0.39, 0.29) is 0 Å². The fraction of sp³-hybridized carbons (Fsp3) is 0.923. The van der Waals surface area contributed by atoms with Gasteiger partial charge in [-0.1, -0.05) is 52.9 Å². The van der Waals surface area contributed by atoms with Crippen LogP contribution in [0.1, 0.15) is 72.1 Å². The van der Waals surface area contributed by atoms with E-state index in [1.807, 2.05) is 0 Å². The maximum Gasteiger partial charge on any atom is 0.309 e. The van der Waals surface area contributed by atoms with Crippen LogP contribution in [-0.4, -0.2) is 11.1 Å². The van der Waals surface area contributed by atoms with Crippen LogP contribution >= 0.6 is 0 Å². The van der Waals surface area contributed by atoms with Gasteiger partial charge in [0.2, 0.25) is 0 Å². The second-order valence-corrected chi connectivity index (χ2v) is 4.54. The average Bonchev–Trinajstić information content (AvgIpc) is 2.22. The van der Waals surface area contributed by atoms with Gasteiger partial charge in [-0.3, -0.25) is 4.79 Å². The Bertz CT molecular complexity index is 167. The molecule has 2 heteroatoms. The quantitative estimate of drug-likeness (QED) is 0.623. The Morgan fingerprint density at radius 2 is 1.40 bits per heavy atom. The van der Waals surface area contributed by atoms with Crippen molar-refractivity contribution in [1.29, 1.82) is 0 Å². The maximum absolute atomic E-state index is 11.4. The summed E-state index contributed by atoms with van der Waals surface area (Å²) in [5.41, 5.74) is -0.430. The molecule has 0 rings (SSSR count). The molecule has 0 bridgehead atoms. The van der Waals surface area contributed by atoms with E-state index < -0.39 is 11.4 Å². The third kappa shape index (κ3) is 4.67. The van der Waals surface area contributed by atoms with Crippen molar-refractivity contribution in [3.05, 3.63) is 0 Å². The molecule has 0 aliphatic heterocycles. The lowest BCUT2D eigenvalue weighted by Crippen LogP contribution is -2.31. The fourth-order valence-electron chi connectivity index (χ4n) is 2.20. The molecule has 0 aliphatic rings. The maximum atomic E-state index is 11.4. The van der Waals surface area contributed by atoms with E-state index in [1.54, 1.807) is 0 Å². The predicted molar refractivity (Wildman–Crippen MR) is 64.0 cm³/mol. The molecule has 0 amide bonds. The first-order valence-corrected chi connectivity index (χ1v) is 6.36. The molecule has 2 nitrogen and oxygen atoms in total. The zero-order chi connectivity index (χ0) is 11.7. The van der Waals surface area contributed by atoms with Crippen molar-refractivity contribution in [2.24, 2.45) is 5.41 Å². The third-order valence-corrected chi connectivity index (χ3v) is 3.20. The van der Waals surface area contributed by atoms with Crippen LogP contribution in [0.4, 0.5) is 0 Å². The largest absolute Gasteiger partial charge is 0.481 e. The van der Waals surface area contributed by atoms with E-state index in [2.05, 4.69) is 20.8 Å². The lowest BCUT2D eigenvalue weighted by Gasteiger charge is -2.29. The predicted octanol–water partition coefficient (Wildman–Crippen LogP) is 4.24. The van der Waals surface area contributed by atoms with Gasteiger partial charge in [-0.25, -0.2) is 0 Å². The summed E-state index contributed by atoms with van der Waals surface area (Å²) in [5, 5.41) is 9.41. The molecular formula is C13H26O2. The molecule has 90 valence electrons. The van der Waals surface area contributed by atoms with Crippen LogP contribution in [0.15, 0.2) is 0 Å². The van der Waals surface area contributed by atoms with Crippen molar-refractivity contribution in [3.8, 4) is 0 Å². The molecule has 0 aromatic rings. The van der Waals surface area contributed by atoms with E-state index in [9.17, 15) is 9.90 Å². The lowest BCUT2D eigenvalue weighted by atomic mass is 9.75. The minimum absolute atomic E-state index is 0.430. The Labute approximate surface area is 94.1 Å². The lowest BCUT2D eigenvalue weighted by molar-refractivity contribution is -0.150. The Morgan fingerprint density at radius 1 is 0.933 bits per heavy atom. The molecule has 15 heavy (non-hydrogen) atoms. The number of hydrogen-bond donors (Lipinski definition) is 1. The van der Waals surface area contributed by atoms with Crippen molar-refractivity contribution in [1.82, 2.24) is 0 Å². The van der Waals surface area contributed by atoms with Gasteiger partial charge in [0.05, 0.1) is 5.41 Å². The first-order valence-electron chi connectivity index (χ1n) is 6.36. The second kappa shape index (κ2) is 7.72. The Balaban J connectivity index is 4.48. The molecule has 0 radical (unpaired) electrons. The molecule has 0 saturated carbocycles. The van der Waals surface area contributed by atoms with Gasteiger partial charge in [0.1, 0.15) is 0 Å². The van der Waals surface area contributed by atoms with Crippen LogP contribution in [0.5, 0.6) is 0 Å². The molecule has 0 aliphatic carbocycles. The van der Waals surface area contributed by atoms with Crippen LogP contribution < -0.4 is 0 Å². The molecule has 0 heterocycles. The summed E-state index contributed by atoms with van der Waals surface area (Å²) in [5.74, 6) is -0.578. The van der Waals surface area contributed by atoms with Gasteiger partial charge in [-0.05, 0) is 19.3 Å². The Hall–Kier alpha value is -0.530. The summed E-state index contributed by atoms with van der Waals surface area (Å²) in [6, 6.07) is 0. The Kier molecular flexibility index (Phi) is 7.45. The van der Waals surface area contributed by atoms with Gasteiger partial charge in [0, 0.05) is 0 Å². The smallest absolute Gasteiger partial charge is 0.309 e. The molecule has 0 aromatic carbocycles. The Morgan fingerprint density at radius 3 is 1.67 bits per heavy atom. The van der Waals surface area contributed by atoms with Crippen LogP contribution in [0.25, 0.3) is 0 Å². The molecule has 0 unspecified atom stereocenters. The van der Waals surface area contributed by atoms with Crippen molar-refractivity contribution in [2.45, 2.75) is 72.1 Å². The van der Waals surface area contributed by atoms with Gasteiger partial charge in [-0.15, -0.1) is 0 Å². The molecule has 0 fully saturated rings. The first kappa shape index (κ1) is 14.5. The van der Waals surface area contributed by atoms with Crippen LogP contribution in [-0.2, 0) is 4.79 Å². The van der Waals surface area contributed by atoms with E-state index in [1.165, 1.54) is 0 Å². The van der Waals surface area contributed by atoms with Crippen LogP contribution in [0.2, 0.25) is 0 Å².